The summed E-state index contributed by atoms with van der Waals surface area (Å²) in [4.78, 5) is 17.5. The number of aromatic nitrogens is 3. The van der Waals surface area contributed by atoms with E-state index in [0.717, 1.165) is 61.8 Å². The molecule has 2 saturated heterocycles. The highest BCUT2D eigenvalue weighted by atomic mass is 35.5. The molecule has 2 aliphatic rings. The summed E-state index contributed by atoms with van der Waals surface area (Å²) < 4.78 is 21.9. The van der Waals surface area contributed by atoms with Crippen LogP contribution in [0.1, 0.15) is 31.9 Å². The van der Waals surface area contributed by atoms with Crippen molar-refractivity contribution in [1.82, 2.24) is 24.8 Å². The van der Waals surface area contributed by atoms with E-state index in [2.05, 4.69) is 44.6 Å². The summed E-state index contributed by atoms with van der Waals surface area (Å²) in [5, 5.41) is 14.5. The van der Waals surface area contributed by atoms with Crippen LogP contribution in [0.25, 0.3) is 5.69 Å². The second kappa shape index (κ2) is 15.2. The molecular formula is C35H42Cl2N8O4. The summed E-state index contributed by atoms with van der Waals surface area (Å²) in [6.07, 6.45) is 3.25. The molecule has 49 heavy (non-hydrogen) atoms. The molecule has 2 aliphatic heterocycles. The molecule has 2 N–H and O–H groups in total. The minimum atomic E-state index is -1.21. The molecule has 1 aromatic heterocycles. The van der Waals surface area contributed by atoms with E-state index in [1.165, 1.54) is 4.68 Å². The number of hydrogen-bond acceptors (Lipinski definition) is 9. The quantitative estimate of drug-likeness (QED) is 0.108. The summed E-state index contributed by atoms with van der Waals surface area (Å²) in [5.41, 5.74) is 6.53. The molecule has 0 amide bonds. The summed E-state index contributed by atoms with van der Waals surface area (Å²) in [6, 6.07) is 21.5. The molecule has 3 aromatic carbocycles. The van der Waals surface area contributed by atoms with Crippen LogP contribution in [-0.4, -0.2) is 84.8 Å². The molecule has 0 radical (unpaired) electrons. The SMILES string of the molecule is CCC(C)n1ncn(-c2ccc(N3CCN(c4ccc(OCC5CO[C@](CN(C=N)NC)(c6ccc(Cl)cc6Cl)O5)cc4)CC3)cc2)c1=O. The molecular weight excluding hydrogens is 667 g/mol. The first-order valence-corrected chi connectivity index (χ1v) is 17.2. The third-order valence-electron chi connectivity index (χ3n) is 9.13. The minimum absolute atomic E-state index is 0.0621. The smallest absolute Gasteiger partial charge is 0.350 e. The molecule has 2 unspecified atom stereocenters. The normalized spacial score (nSPS) is 20.0. The highest BCUT2D eigenvalue weighted by Gasteiger charge is 2.46. The van der Waals surface area contributed by atoms with Crippen LogP contribution >= 0.6 is 23.2 Å². The Balaban J connectivity index is 1.02. The number of anilines is 2. The highest BCUT2D eigenvalue weighted by molar-refractivity contribution is 6.35. The van der Waals surface area contributed by atoms with Crippen LogP contribution in [0.4, 0.5) is 11.4 Å². The Morgan fingerprint density at radius 2 is 1.67 bits per heavy atom. The Bertz CT molecular complexity index is 1780. The van der Waals surface area contributed by atoms with Crippen LogP contribution in [0.5, 0.6) is 5.75 Å². The van der Waals surface area contributed by atoms with Crippen molar-refractivity contribution < 1.29 is 14.2 Å². The lowest BCUT2D eigenvalue weighted by atomic mass is 10.1. The zero-order chi connectivity index (χ0) is 34.5. The number of hydrogen-bond donors (Lipinski definition) is 2. The fourth-order valence-electron chi connectivity index (χ4n) is 6.13. The molecule has 3 atom stereocenters. The van der Waals surface area contributed by atoms with Crippen molar-refractivity contribution in [3.05, 3.63) is 99.2 Å². The van der Waals surface area contributed by atoms with Crippen molar-refractivity contribution in [2.75, 3.05) is 62.8 Å². The maximum absolute atomic E-state index is 12.8. The number of halogens is 2. The van der Waals surface area contributed by atoms with Gasteiger partial charge >= 0.3 is 5.69 Å². The van der Waals surface area contributed by atoms with Crippen molar-refractivity contribution in [1.29, 1.82) is 5.41 Å². The molecule has 0 saturated carbocycles. The van der Waals surface area contributed by atoms with Gasteiger partial charge in [-0.15, -0.1) is 0 Å². The second-order valence-electron chi connectivity index (χ2n) is 12.2. The number of nitrogens with zero attached hydrogens (tertiary/aromatic N) is 6. The molecule has 6 rings (SSSR count). The van der Waals surface area contributed by atoms with E-state index in [9.17, 15) is 4.79 Å². The van der Waals surface area contributed by atoms with Gasteiger partial charge in [-0.1, -0.05) is 36.2 Å². The van der Waals surface area contributed by atoms with Gasteiger partial charge in [0.15, 0.2) is 0 Å². The molecule has 260 valence electrons. The molecule has 4 aromatic rings. The van der Waals surface area contributed by atoms with Gasteiger partial charge < -0.3 is 24.0 Å². The first-order chi connectivity index (χ1) is 23.7. The maximum atomic E-state index is 12.8. The first kappa shape index (κ1) is 34.8. The summed E-state index contributed by atoms with van der Waals surface area (Å²) >= 11 is 12.7. The van der Waals surface area contributed by atoms with Crippen molar-refractivity contribution in [3.63, 3.8) is 0 Å². The fourth-order valence-corrected chi connectivity index (χ4v) is 6.68. The maximum Gasteiger partial charge on any atom is 0.350 e. The molecule has 0 aliphatic carbocycles. The molecule has 3 heterocycles. The van der Waals surface area contributed by atoms with Crippen LogP contribution in [0.3, 0.4) is 0 Å². The first-order valence-electron chi connectivity index (χ1n) is 16.4. The Morgan fingerprint density at radius 1 is 1.04 bits per heavy atom. The van der Waals surface area contributed by atoms with Gasteiger partial charge in [0.2, 0.25) is 5.79 Å². The van der Waals surface area contributed by atoms with Crippen molar-refractivity contribution in [3.8, 4) is 11.4 Å². The van der Waals surface area contributed by atoms with Gasteiger partial charge in [-0.25, -0.2) is 19.5 Å². The average Bonchev–Trinajstić information content (AvgIpc) is 3.73. The largest absolute Gasteiger partial charge is 0.491 e. The minimum Gasteiger partial charge on any atom is -0.491 e. The third-order valence-corrected chi connectivity index (χ3v) is 9.68. The molecule has 0 spiro atoms. The number of ether oxygens (including phenoxy) is 3. The Morgan fingerprint density at radius 3 is 2.27 bits per heavy atom. The van der Waals surface area contributed by atoms with Gasteiger partial charge in [0.05, 0.1) is 36.2 Å². The van der Waals surface area contributed by atoms with Gasteiger partial charge in [0.25, 0.3) is 0 Å². The van der Waals surface area contributed by atoms with Gasteiger partial charge in [-0.2, -0.15) is 5.10 Å². The molecule has 12 nitrogen and oxygen atoms in total. The van der Waals surface area contributed by atoms with Crippen LogP contribution in [0, 0.1) is 5.41 Å². The number of nitrogens with one attached hydrogen (secondary N) is 2. The molecule has 2 fully saturated rings. The predicted octanol–water partition coefficient (Wildman–Crippen LogP) is 5.33. The summed E-state index contributed by atoms with van der Waals surface area (Å²) in [5.74, 6) is -0.473. The Kier molecular flexibility index (Phi) is 10.8. The van der Waals surface area contributed by atoms with Gasteiger partial charge in [0.1, 0.15) is 24.8 Å². The number of piperazine rings is 1. The van der Waals surface area contributed by atoms with Gasteiger partial charge in [-0.3, -0.25) is 10.4 Å². The Labute approximate surface area is 296 Å². The van der Waals surface area contributed by atoms with E-state index in [1.807, 2.05) is 38.1 Å². The standard InChI is InChI=1S/C35H42Cl2N8O4/c1-4-25(2)45-34(46)44(24-40-45)29-8-6-27(7-9-29)41-15-17-42(18-16-41)28-10-12-30(13-11-28)47-20-31-21-48-35(49-31,22-43(23-38)39-3)32-14-5-26(36)19-33(32)37/h5-14,19,23-25,31,38-39H,4,15-18,20-22H2,1-3H3/t25?,31?,35-/m0/s1. The van der Waals surface area contributed by atoms with E-state index in [-0.39, 0.29) is 31.0 Å². The lowest BCUT2D eigenvalue weighted by molar-refractivity contribution is -0.188. The second-order valence-corrected chi connectivity index (χ2v) is 13.0. The van der Waals surface area contributed by atoms with Crippen LogP contribution < -0.4 is 25.7 Å². The van der Waals surface area contributed by atoms with Crippen molar-refractivity contribution in [2.45, 2.75) is 38.2 Å². The summed E-state index contributed by atoms with van der Waals surface area (Å²) in [7, 11) is 1.72. The van der Waals surface area contributed by atoms with E-state index in [1.54, 1.807) is 41.2 Å². The number of benzene rings is 3. The van der Waals surface area contributed by atoms with Crippen molar-refractivity contribution in [2.24, 2.45) is 0 Å². The monoisotopic (exact) mass is 708 g/mol. The molecule has 0 bridgehead atoms. The van der Waals surface area contributed by atoms with E-state index in [0.29, 0.717) is 22.2 Å². The van der Waals surface area contributed by atoms with E-state index < -0.39 is 5.79 Å². The highest BCUT2D eigenvalue weighted by Crippen LogP contribution is 2.40. The van der Waals surface area contributed by atoms with Crippen LogP contribution in [0.15, 0.2) is 77.9 Å². The topological polar surface area (TPSA) is 113 Å². The molecule has 14 heteroatoms. The zero-order valence-corrected chi connectivity index (χ0v) is 29.4. The van der Waals surface area contributed by atoms with Crippen molar-refractivity contribution >= 4 is 40.9 Å². The number of rotatable bonds is 13. The predicted molar refractivity (Wildman–Crippen MR) is 193 cm³/mol. The third kappa shape index (κ3) is 7.58. The van der Waals surface area contributed by atoms with Gasteiger partial charge in [-0.05, 0) is 74.0 Å². The van der Waals surface area contributed by atoms with E-state index >= 15 is 0 Å². The fraction of sp³-hybridized carbons (Fsp3) is 0.400. The van der Waals surface area contributed by atoms with Crippen LogP contribution in [-0.2, 0) is 15.3 Å². The van der Waals surface area contributed by atoms with E-state index in [4.69, 9.17) is 42.8 Å². The number of hydrazine groups is 1. The van der Waals surface area contributed by atoms with Crippen LogP contribution in [0.2, 0.25) is 10.0 Å². The Hall–Kier alpha value is -4.07. The summed E-state index contributed by atoms with van der Waals surface area (Å²) in [6.45, 7) is 8.34. The lowest BCUT2D eigenvalue weighted by Gasteiger charge is -2.37. The average molecular weight is 710 g/mol. The lowest BCUT2D eigenvalue weighted by Crippen LogP contribution is -2.46. The van der Waals surface area contributed by atoms with Gasteiger partial charge in [0, 0.05) is 55.2 Å². The zero-order valence-electron chi connectivity index (χ0n) is 27.9.